The smallest absolute Gasteiger partial charge is 0.332 e. The molecule has 8 aliphatic rings. The molecule has 2 aromatic rings. The molecule has 5 aliphatic carbocycles. The van der Waals surface area contributed by atoms with Gasteiger partial charge >= 0.3 is 23.3 Å². The lowest BCUT2D eigenvalue weighted by atomic mass is 9.77. The molecule has 30 atom stereocenters. The molecule has 2 aromatic heterocycles. The molecule has 54 nitrogen and oxygen atoms in total. The molecule has 150 heavy (non-hydrogen) atoms. The van der Waals surface area contributed by atoms with Crippen LogP contribution in [0.4, 0.5) is 0 Å². The molecule has 3 saturated heterocycles. The number of aliphatic hydroxyl groups excluding tert-OH is 10. The summed E-state index contributed by atoms with van der Waals surface area (Å²) in [6.07, 6.45) is -35.0. The number of H-pyrrole nitrogens is 4. The second kappa shape index (κ2) is 61.6. The molecule has 23 N–H and O–H groups in total. The summed E-state index contributed by atoms with van der Waals surface area (Å²) >= 11 is 0. The highest BCUT2D eigenvalue weighted by Gasteiger charge is 2.57. The Morgan fingerprint density at radius 2 is 0.847 bits per heavy atom. The van der Waals surface area contributed by atoms with Gasteiger partial charge in [0.1, 0.15) is 128 Å². The highest BCUT2D eigenvalue weighted by molar-refractivity contribution is 5.93. The van der Waals surface area contributed by atoms with Gasteiger partial charge in [0.05, 0.1) is 115 Å². The van der Waals surface area contributed by atoms with E-state index in [9.17, 15) is 138 Å². The van der Waals surface area contributed by atoms with Crippen molar-refractivity contribution in [2.75, 3.05) is 113 Å². The van der Waals surface area contributed by atoms with Gasteiger partial charge in [0.25, 0.3) is 22.9 Å². The third-order valence-electron chi connectivity index (χ3n) is 28.2. The molecule has 7 amide bonds. The molecule has 5 saturated carbocycles. The van der Waals surface area contributed by atoms with Crippen LogP contribution in [0, 0.1) is 29.6 Å². The molecule has 0 aromatic carbocycles. The van der Waals surface area contributed by atoms with E-state index in [0.29, 0.717) is 25.7 Å². The van der Waals surface area contributed by atoms with Crippen LogP contribution in [0.2, 0.25) is 0 Å². The summed E-state index contributed by atoms with van der Waals surface area (Å²) in [6.45, 7) is -1.36. The molecular formula is C96H149N11O43. The Kier molecular flexibility index (Phi) is 50.3. The van der Waals surface area contributed by atoms with Gasteiger partial charge in [-0.2, -0.15) is 0 Å². The lowest BCUT2D eigenvalue weighted by molar-refractivity contribution is -0.335. The first kappa shape index (κ1) is 122. The van der Waals surface area contributed by atoms with Gasteiger partial charge in [-0.25, -0.2) is 19.2 Å². The van der Waals surface area contributed by atoms with Gasteiger partial charge in [0.2, 0.25) is 29.5 Å². The average molecular weight is 2150 g/mol. The van der Waals surface area contributed by atoms with Gasteiger partial charge < -0.3 is 180 Å². The molecule has 0 bridgehead atoms. The number of ketones is 3. The number of hydrogen-bond acceptors (Lipinski definition) is 41. The second-order valence-corrected chi connectivity index (χ2v) is 39.4. The third-order valence-corrected chi connectivity index (χ3v) is 28.2. The van der Waals surface area contributed by atoms with Crippen molar-refractivity contribution in [1.29, 1.82) is 0 Å². The number of aliphatic hydroxyl groups is 10. The molecule has 54 heteroatoms. The van der Waals surface area contributed by atoms with E-state index >= 15 is 0 Å². The van der Waals surface area contributed by atoms with E-state index in [1.807, 2.05) is 9.97 Å². The van der Waals surface area contributed by atoms with Gasteiger partial charge in [-0.3, -0.25) is 67.5 Å². The quantitative estimate of drug-likeness (QED) is 0.0274. The monoisotopic (exact) mass is 2140 g/mol. The highest BCUT2D eigenvalue weighted by atomic mass is 16.7. The standard InChI is InChI=1S/C96H149N11O43/c1-47-33-60(78(122)81(125)76(47)120)143-84-54(100-88(128)56-40-70(116)106-95(134)102-56)36-51(58(111)17-11-23-97-67(113)21-25-136-3)38-61(84)146-93-75(87(80(124)66(44-109)149-93)145-64(91(132)133)35-50-15-9-6-10-16-50)105-72(118)42-99-73(119)46-141-32-30-139-28-27-138-29-31-140-45-53(110)19-20-69(115)104-74-86(144-63(90(130)131)34-49-13-7-5-8-14-49)79(123)65(43-108)148-92(74)147-62-39-52(59(112)18-12-24-98-68(114)22-26-137-4)37-55(101-89(129)57-41-71(117)107-96(135)103-57)85(62)150-94-83(127)82(126)77(121)48(2)142-94/h40-41,47-52,54-55,60-66,74-87,92-94,108-109,120-127H,5-39,42-46H2,1-4H3,(H,97,113)(H,98,114)(H,99,119)(H,100,128)(H,101,129)(H,104,115)(H,105,118)(H,130,131)(H,132,133)(H2,102,106,116,134)(H2,103,107,117,135)/t47?,48?,51?,52?,54?,55?,60-,61-,62-,63+,64+,65+,66+,74?,75?,76-,77-,78?,79+,80+,81+,82+,83?,84-,85-,86?,87?,92-,93-,94+/m1/s1. The maximum Gasteiger partial charge on any atom is 0.332 e. The third kappa shape index (κ3) is 37.2. The Morgan fingerprint density at radius 3 is 1.29 bits per heavy atom. The maximum atomic E-state index is 14.6. The number of carbonyl (C=O) groups excluding carboxylic acids is 10. The van der Waals surface area contributed by atoms with Gasteiger partial charge in [-0.15, -0.1) is 0 Å². The van der Waals surface area contributed by atoms with Crippen LogP contribution in [0.5, 0.6) is 0 Å². The lowest BCUT2D eigenvalue weighted by Crippen LogP contribution is -2.68. The Labute approximate surface area is 861 Å². The number of aliphatic carboxylic acids is 2. The van der Waals surface area contributed by atoms with Gasteiger partial charge in [0.15, 0.2) is 36.9 Å². The topological polar surface area (TPSA) is 802 Å². The number of rotatable bonds is 60. The van der Waals surface area contributed by atoms with Crippen molar-refractivity contribution in [2.45, 2.75) is 339 Å². The number of amides is 7. The van der Waals surface area contributed by atoms with Crippen LogP contribution in [0.1, 0.15) is 195 Å². The molecule has 0 radical (unpaired) electrons. The van der Waals surface area contributed by atoms with Crippen LogP contribution in [0.15, 0.2) is 31.3 Å². The second-order valence-electron chi connectivity index (χ2n) is 39.4. The first-order valence-corrected chi connectivity index (χ1v) is 51.3. The van der Waals surface area contributed by atoms with Gasteiger partial charge in [0, 0.05) is 89.8 Å². The predicted octanol–water partition coefficient (Wildman–Crippen LogP) is -6.70. The number of nitrogens with one attached hydrogen (secondary N) is 11. The van der Waals surface area contributed by atoms with E-state index in [1.54, 1.807) is 6.92 Å². The average Bonchev–Trinajstić information content (AvgIpc) is 0.770. The molecule has 12 unspecified atom stereocenters. The Morgan fingerprint density at radius 1 is 0.407 bits per heavy atom. The fourth-order valence-corrected chi connectivity index (χ4v) is 20.1. The number of methoxy groups -OCH3 is 2. The Bertz CT molecular complexity index is 4550. The van der Waals surface area contributed by atoms with Crippen LogP contribution in [-0.4, -0.2) is 430 Å². The SMILES string of the molecule is COCCC(=O)NCCCC(=O)C1CC(NC(=O)c2cc(=O)[nH]c(=O)[nH]2)[C@@H](O[C@@H]2OC(C)[C@@H](O)[C@H](O)C2O)[C@H](O[C@@H]2O[C@@H](CO)[C@H](O)C(O[C@@H](CC3CCCCC3)C(=O)O)C2NC(=O)CCC(=O)COCCOCCOCCOCC(=O)NCC(=O)NC2C(O[C@@H](CC3CCCCC3)C(=O)O)[C@@H](O)[C@H](CO)O[C@H]2O[C@@H]2CC(C(=O)CCCNC(=O)CCOC)CC(NC(=O)c3cc(=O)[nH]c(=O)[nH]3)[C@H]2O[C@@H]2CC(C)[C@@H](O)[C@H](O)C2O)C1. The summed E-state index contributed by atoms with van der Waals surface area (Å²) in [6, 6.07) is -4.94. The van der Waals surface area contributed by atoms with E-state index in [0.717, 1.165) is 50.7 Å². The zero-order valence-electron chi connectivity index (χ0n) is 84.4. The Balaban J connectivity index is 0.756. The van der Waals surface area contributed by atoms with Crippen LogP contribution >= 0.6 is 0 Å². The summed E-state index contributed by atoms with van der Waals surface area (Å²) in [5.41, 5.74) is -5.24. The molecule has 10 rings (SSSR count). The van der Waals surface area contributed by atoms with Crippen molar-refractivity contribution in [2.24, 2.45) is 29.6 Å². The molecule has 0 spiro atoms. The zero-order valence-corrected chi connectivity index (χ0v) is 84.4. The van der Waals surface area contributed by atoms with Crippen molar-refractivity contribution >= 4 is 70.6 Å². The fraction of sp³-hybridized carbons (Fsp3) is 0.792. The predicted molar refractivity (Wildman–Crippen MR) is 511 cm³/mol. The summed E-state index contributed by atoms with van der Waals surface area (Å²) in [7, 11) is 2.83. The minimum Gasteiger partial charge on any atom is -0.479 e. The van der Waals surface area contributed by atoms with Crippen molar-refractivity contribution in [3.63, 3.8) is 0 Å². The number of aromatic amines is 4. The van der Waals surface area contributed by atoms with E-state index in [4.69, 9.17) is 71.1 Å². The first-order valence-electron chi connectivity index (χ1n) is 51.3. The zero-order chi connectivity index (χ0) is 109. The number of carboxylic acids is 2. The maximum absolute atomic E-state index is 14.6. The normalized spacial score (nSPS) is 30.8. The molecule has 8 fully saturated rings. The van der Waals surface area contributed by atoms with E-state index in [2.05, 4.69) is 47.2 Å². The summed E-state index contributed by atoms with van der Waals surface area (Å²) in [4.78, 5) is 223. The number of hydrogen-bond donors (Lipinski definition) is 23. The van der Waals surface area contributed by atoms with Crippen molar-refractivity contribution in [3.8, 4) is 0 Å². The van der Waals surface area contributed by atoms with Crippen LogP contribution in [0.25, 0.3) is 0 Å². The van der Waals surface area contributed by atoms with Gasteiger partial charge in [-0.05, 0) is 82.5 Å². The number of carboxylic acid groups (broad SMARTS) is 2. The molecule has 5 heterocycles. The van der Waals surface area contributed by atoms with Crippen LogP contribution < -0.4 is 59.7 Å². The van der Waals surface area contributed by atoms with E-state index in [-0.39, 0.29) is 173 Å². The highest BCUT2D eigenvalue weighted by Crippen LogP contribution is 2.42. The minimum atomic E-state index is -2.02. The van der Waals surface area contributed by atoms with E-state index < -0.39 is 321 Å². The van der Waals surface area contributed by atoms with Crippen molar-refractivity contribution in [1.82, 2.24) is 57.2 Å². The van der Waals surface area contributed by atoms with Crippen LogP contribution in [-0.2, 0) is 119 Å². The number of Topliss-reactive ketones (excluding diaryl/α,β-unsaturated/α-hetero) is 3. The lowest BCUT2D eigenvalue weighted by Gasteiger charge is -2.49. The van der Waals surface area contributed by atoms with Gasteiger partial charge in [-0.1, -0.05) is 71.1 Å². The number of carbonyl (C=O) groups is 12. The van der Waals surface area contributed by atoms with Crippen LogP contribution in [0.3, 0.4) is 0 Å². The summed E-state index contributed by atoms with van der Waals surface area (Å²) in [5, 5.41) is 153. The van der Waals surface area contributed by atoms with Crippen molar-refractivity contribution in [3.05, 3.63) is 65.2 Å². The molecule has 3 aliphatic heterocycles. The molecule has 846 valence electrons. The number of ether oxygens (including phenoxy) is 15. The summed E-state index contributed by atoms with van der Waals surface area (Å²) in [5.74, 6) is -13.5. The molecular weight excluding hydrogens is 2000 g/mol. The van der Waals surface area contributed by atoms with E-state index in [1.165, 1.54) is 21.1 Å². The number of aromatic nitrogens is 4. The first-order chi connectivity index (χ1) is 71.7. The minimum absolute atomic E-state index is 0.0200. The Hall–Kier alpha value is -9.40. The summed E-state index contributed by atoms with van der Waals surface area (Å²) < 4.78 is 89.9. The van der Waals surface area contributed by atoms with Crippen molar-refractivity contribution < 1.29 is 190 Å². The fourth-order valence-electron chi connectivity index (χ4n) is 20.1. The largest absolute Gasteiger partial charge is 0.479 e.